The highest BCUT2D eigenvalue weighted by molar-refractivity contribution is 5.79. The highest BCUT2D eigenvalue weighted by atomic mass is 16.4. The Kier molecular flexibility index (Phi) is 5.13. The fourth-order valence-electron chi connectivity index (χ4n) is 1.54. The Hall–Kier alpha value is -1.91. The van der Waals surface area contributed by atoms with Crippen LogP contribution in [0, 0.1) is 0 Å². The summed E-state index contributed by atoms with van der Waals surface area (Å²) in [5.41, 5.74) is 0.490. The Morgan fingerprint density at radius 2 is 2.24 bits per heavy atom. The van der Waals surface area contributed by atoms with Gasteiger partial charge in [0.1, 0.15) is 0 Å². The van der Waals surface area contributed by atoms with Crippen molar-refractivity contribution >= 4 is 11.9 Å². The summed E-state index contributed by atoms with van der Waals surface area (Å²) in [4.78, 5) is 26.4. The van der Waals surface area contributed by atoms with E-state index in [1.165, 1.54) is 0 Å². The number of rotatable bonds is 6. The van der Waals surface area contributed by atoms with Crippen LogP contribution in [-0.2, 0) is 9.59 Å². The molecule has 1 unspecified atom stereocenters. The van der Waals surface area contributed by atoms with Crippen LogP contribution in [0.4, 0.5) is 0 Å². The maximum absolute atomic E-state index is 11.3. The molecule has 0 fully saturated rings. The minimum atomic E-state index is -0.951. The van der Waals surface area contributed by atoms with E-state index in [0.29, 0.717) is 12.2 Å². The summed E-state index contributed by atoms with van der Waals surface area (Å²) in [5.74, 6) is -1.80. The van der Waals surface area contributed by atoms with Gasteiger partial charge in [-0.1, -0.05) is 6.07 Å². The summed E-state index contributed by atoms with van der Waals surface area (Å²) in [5, 5.41) is 11.7. The zero-order valence-electron chi connectivity index (χ0n) is 9.72. The summed E-state index contributed by atoms with van der Waals surface area (Å²) in [7, 11) is 0. The molecular weight excluding hydrogens is 220 g/mol. The second-order valence-corrected chi connectivity index (χ2v) is 3.64. The van der Waals surface area contributed by atoms with Crippen molar-refractivity contribution in [2.45, 2.75) is 25.7 Å². The van der Waals surface area contributed by atoms with Gasteiger partial charge in [-0.15, -0.1) is 0 Å². The fourth-order valence-corrected chi connectivity index (χ4v) is 1.54. The van der Waals surface area contributed by atoms with Gasteiger partial charge < -0.3 is 10.4 Å². The average Bonchev–Trinajstić information content (AvgIpc) is 2.30. The highest BCUT2D eigenvalue weighted by Gasteiger charge is 2.21. The van der Waals surface area contributed by atoms with Gasteiger partial charge in [0.25, 0.3) is 0 Å². The van der Waals surface area contributed by atoms with Crippen LogP contribution in [0.1, 0.15) is 31.4 Å². The standard InChI is InChI=1S/C12H16N2O3/c1-2-13-11(15)7-6-9(12(16)17)10-5-3-4-8-14-10/h3-5,8-9H,2,6-7H2,1H3,(H,13,15)(H,16,17). The molecule has 2 N–H and O–H groups in total. The molecule has 1 aromatic heterocycles. The van der Waals surface area contributed by atoms with Crippen molar-refractivity contribution in [2.75, 3.05) is 6.54 Å². The molecule has 0 bridgehead atoms. The molecule has 0 spiro atoms. The number of carboxylic acids is 1. The first-order valence-corrected chi connectivity index (χ1v) is 5.55. The largest absolute Gasteiger partial charge is 0.481 e. The number of carbonyl (C=O) groups is 2. The molecule has 17 heavy (non-hydrogen) atoms. The van der Waals surface area contributed by atoms with E-state index in [9.17, 15) is 9.59 Å². The van der Waals surface area contributed by atoms with Crippen molar-refractivity contribution in [3.05, 3.63) is 30.1 Å². The smallest absolute Gasteiger partial charge is 0.312 e. The molecule has 0 aliphatic heterocycles. The van der Waals surface area contributed by atoms with Crippen molar-refractivity contribution < 1.29 is 14.7 Å². The molecule has 0 aliphatic carbocycles. The lowest BCUT2D eigenvalue weighted by Gasteiger charge is -2.11. The van der Waals surface area contributed by atoms with E-state index in [-0.39, 0.29) is 18.7 Å². The number of amides is 1. The van der Waals surface area contributed by atoms with Crippen LogP contribution in [0.5, 0.6) is 0 Å². The third-order valence-electron chi connectivity index (χ3n) is 2.38. The molecule has 1 amide bonds. The normalized spacial score (nSPS) is 11.8. The van der Waals surface area contributed by atoms with Gasteiger partial charge in [0.05, 0.1) is 11.6 Å². The minimum absolute atomic E-state index is 0.130. The first kappa shape index (κ1) is 13.2. The molecule has 5 heteroatoms. The van der Waals surface area contributed by atoms with E-state index in [1.54, 1.807) is 24.4 Å². The number of hydrogen-bond donors (Lipinski definition) is 2. The lowest BCUT2D eigenvalue weighted by Crippen LogP contribution is -2.24. The third kappa shape index (κ3) is 4.22. The van der Waals surface area contributed by atoms with Gasteiger partial charge in [-0.05, 0) is 25.5 Å². The Bertz CT molecular complexity index is 379. The quantitative estimate of drug-likeness (QED) is 0.777. The second-order valence-electron chi connectivity index (χ2n) is 3.64. The summed E-state index contributed by atoms with van der Waals surface area (Å²) >= 11 is 0. The van der Waals surface area contributed by atoms with Crippen LogP contribution in [0.25, 0.3) is 0 Å². The van der Waals surface area contributed by atoms with Crippen LogP contribution >= 0.6 is 0 Å². The second kappa shape index (κ2) is 6.62. The van der Waals surface area contributed by atoms with Crippen molar-refractivity contribution in [2.24, 2.45) is 0 Å². The highest BCUT2D eigenvalue weighted by Crippen LogP contribution is 2.19. The van der Waals surface area contributed by atoms with Gasteiger partial charge in [-0.2, -0.15) is 0 Å². The number of pyridine rings is 1. The first-order chi connectivity index (χ1) is 8.15. The van der Waals surface area contributed by atoms with Gasteiger partial charge in [0.2, 0.25) is 5.91 Å². The SMILES string of the molecule is CCNC(=O)CCC(C(=O)O)c1ccccn1. The van der Waals surface area contributed by atoms with E-state index in [1.807, 2.05) is 6.92 Å². The predicted octanol–water partition coefficient (Wildman–Crippen LogP) is 1.17. The maximum Gasteiger partial charge on any atom is 0.312 e. The first-order valence-electron chi connectivity index (χ1n) is 5.55. The van der Waals surface area contributed by atoms with Gasteiger partial charge in [-0.3, -0.25) is 14.6 Å². The fraction of sp³-hybridized carbons (Fsp3) is 0.417. The number of nitrogens with zero attached hydrogens (tertiary/aromatic N) is 1. The van der Waals surface area contributed by atoms with Crippen molar-refractivity contribution in [1.29, 1.82) is 0 Å². The summed E-state index contributed by atoms with van der Waals surface area (Å²) in [6.45, 7) is 2.38. The molecule has 0 aliphatic rings. The number of nitrogens with one attached hydrogen (secondary N) is 1. The summed E-state index contributed by atoms with van der Waals surface area (Å²) in [6.07, 6.45) is 2.01. The van der Waals surface area contributed by atoms with Gasteiger partial charge in [0.15, 0.2) is 0 Å². The number of carboxylic acid groups (broad SMARTS) is 1. The Morgan fingerprint density at radius 1 is 1.47 bits per heavy atom. The van der Waals surface area contributed by atoms with Crippen LogP contribution in [0.2, 0.25) is 0 Å². The van der Waals surface area contributed by atoms with E-state index >= 15 is 0 Å². The zero-order chi connectivity index (χ0) is 12.7. The molecule has 0 radical (unpaired) electrons. The molecule has 1 rings (SSSR count). The van der Waals surface area contributed by atoms with E-state index in [4.69, 9.17) is 5.11 Å². The van der Waals surface area contributed by atoms with Crippen LogP contribution in [-0.4, -0.2) is 28.5 Å². The van der Waals surface area contributed by atoms with Crippen LogP contribution < -0.4 is 5.32 Å². The zero-order valence-corrected chi connectivity index (χ0v) is 9.72. The molecule has 1 atom stereocenters. The van der Waals surface area contributed by atoms with Gasteiger partial charge in [-0.25, -0.2) is 0 Å². The molecule has 0 saturated heterocycles. The van der Waals surface area contributed by atoms with Crippen LogP contribution in [0.15, 0.2) is 24.4 Å². The number of aliphatic carboxylic acids is 1. The Balaban J connectivity index is 2.62. The lowest BCUT2D eigenvalue weighted by molar-refractivity contribution is -0.139. The topological polar surface area (TPSA) is 79.3 Å². The van der Waals surface area contributed by atoms with Crippen molar-refractivity contribution in [1.82, 2.24) is 10.3 Å². The van der Waals surface area contributed by atoms with E-state index < -0.39 is 11.9 Å². The minimum Gasteiger partial charge on any atom is -0.481 e. The number of carbonyl (C=O) groups excluding carboxylic acids is 1. The summed E-state index contributed by atoms with van der Waals surface area (Å²) in [6, 6.07) is 5.13. The molecule has 1 aromatic rings. The average molecular weight is 236 g/mol. The monoisotopic (exact) mass is 236 g/mol. The maximum atomic E-state index is 11.3. The van der Waals surface area contributed by atoms with Gasteiger partial charge >= 0.3 is 5.97 Å². The summed E-state index contributed by atoms with van der Waals surface area (Å²) < 4.78 is 0. The Morgan fingerprint density at radius 3 is 2.76 bits per heavy atom. The number of hydrogen-bond acceptors (Lipinski definition) is 3. The van der Waals surface area contributed by atoms with Crippen LogP contribution in [0.3, 0.4) is 0 Å². The van der Waals surface area contributed by atoms with E-state index in [0.717, 1.165) is 0 Å². The Labute approximate surface area is 99.9 Å². The molecule has 92 valence electrons. The van der Waals surface area contributed by atoms with Crippen molar-refractivity contribution in [3.63, 3.8) is 0 Å². The predicted molar refractivity (Wildman–Crippen MR) is 62.5 cm³/mol. The molecule has 0 saturated carbocycles. The lowest BCUT2D eigenvalue weighted by atomic mass is 9.99. The van der Waals surface area contributed by atoms with E-state index in [2.05, 4.69) is 10.3 Å². The molecule has 0 aromatic carbocycles. The molecular formula is C12H16N2O3. The molecule has 5 nitrogen and oxygen atoms in total. The van der Waals surface area contributed by atoms with Gasteiger partial charge in [0, 0.05) is 19.2 Å². The van der Waals surface area contributed by atoms with Crippen molar-refractivity contribution in [3.8, 4) is 0 Å². The molecule has 1 heterocycles. The number of aromatic nitrogens is 1. The third-order valence-corrected chi connectivity index (χ3v) is 2.38.